The Hall–Kier alpha value is -1.88. The van der Waals surface area contributed by atoms with Crippen LogP contribution in [0, 0.1) is 5.41 Å². The van der Waals surface area contributed by atoms with Gasteiger partial charge in [0.15, 0.2) is 0 Å². The van der Waals surface area contributed by atoms with E-state index in [2.05, 4.69) is 18.2 Å². The van der Waals surface area contributed by atoms with Crippen LogP contribution in [-0.4, -0.2) is 48.7 Å². The van der Waals surface area contributed by atoms with Crippen LogP contribution in [0.25, 0.3) is 0 Å². The lowest BCUT2D eigenvalue weighted by Gasteiger charge is -2.28. The van der Waals surface area contributed by atoms with Gasteiger partial charge in [-0.3, -0.25) is 9.59 Å². The Kier molecular flexibility index (Phi) is 4.90. The highest BCUT2D eigenvalue weighted by Gasteiger charge is 2.46. The van der Waals surface area contributed by atoms with E-state index in [1.165, 1.54) is 18.2 Å². The summed E-state index contributed by atoms with van der Waals surface area (Å²) in [5, 5.41) is 9.53. The van der Waals surface area contributed by atoms with Gasteiger partial charge in [0.2, 0.25) is 5.91 Å². The number of rotatable bonds is 5. The molecule has 5 heteroatoms. The molecule has 1 saturated heterocycles. The SMILES string of the molecule is COCC1(C(=O)O)CCN(C(=O)CC2CCCc3ccccc32)C1. The number of carbonyl (C=O) groups is 2. The first-order valence-corrected chi connectivity index (χ1v) is 8.64. The third-order valence-corrected chi connectivity index (χ3v) is 5.50. The predicted octanol–water partition coefficient (Wildman–Crippen LogP) is 2.45. The van der Waals surface area contributed by atoms with Gasteiger partial charge in [0.05, 0.1) is 6.61 Å². The molecule has 1 heterocycles. The smallest absolute Gasteiger partial charge is 0.313 e. The molecule has 0 aromatic heterocycles. The highest BCUT2D eigenvalue weighted by molar-refractivity contribution is 5.81. The first-order chi connectivity index (χ1) is 11.6. The van der Waals surface area contributed by atoms with E-state index in [0.29, 0.717) is 19.4 Å². The van der Waals surface area contributed by atoms with Crippen molar-refractivity contribution in [3.8, 4) is 0 Å². The zero-order chi connectivity index (χ0) is 17.2. The van der Waals surface area contributed by atoms with Crippen molar-refractivity contribution in [3.05, 3.63) is 35.4 Å². The van der Waals surface area contributed by atoms with Gasteiger partial charge >= 0.3 is 5.97 Å². The lowest BCUT2D eigenvalue weighted by atomic mass is 9.81. The van der Waals surface area contributed by atoms with E-state index < -0.39 is 11.4 Å². The molecule has 5 nitrogen and oxygen atoms in total. The van der Waals surface area contributed by atoms with Crippen LogP contribution in [0.15, 0.2) is 24.3 Å². The molecule has 0 saturated carbocycles. The van der Waals surface area contributed by atoms with Crippen LogP contribution in [0.1, 0.15) is 42.7 Å². The molecule has 1 N–H and O–H groups in total. The molecule has 3 rings (SSSR count). The quantitative estimate of drug-likeness (QED) is 0.900. The number of aliphatic carboxylic acids is 1. The monoisotopic (exact) mass is 331 g/mol. The van der Waals surface area contributed by atoms with Crippen LogP contribution < -0.4 is 0 Å². The molecule has 1 amide bonds. The van der Waals surface area contributed by atoms with E-state index >= 15 is 0 Å². The Morgan fingerprint density at radius 2 is 2.17 bits per heavy atom. The summed E-state index contributed by atoms with van der Waals surface area (Å²) in [6.45, 7) is 0.907. The third-order valence-electron chi connectivity index (χ3n) is 5.50. The number of ether oxygens (including phenoxy) is 1. The molecule has 1 aromatic carbocycles. The normalized spacial score (nSPS) is 26.2. The molecule has 2 unspecified atom stereocenters. The van der Waals surface area contributed by atoms with Gasteiger partial charge < -0.3 is 14.7 Å². The molecular formula is C19H25NO4. The fourth-order valence-electron chi connectivity index (χ4n) is 4.12. The molecule has 130 valence electrons. The van der Waals surface area contributed by atoms with E-state index in [1.54, 1.807) is 4.90 Å². The van der Waals surface area contributed by atoms with Gasteiger partial charge in [-0.2, -0.15) is 0 Å². The maximum Gasteiger partial charge on any atom is 0.313 e. The number of fused-ring (bicyclic) bond motifs is 1. The minimum Gasteiger partial charge on any atom is -0.481 e. The minimum atomic E-state index is -0.950. The van der Waals surface area contributed by atoms with E-state index in [4.69, 9.17) is 4.74 Å². The van der Waals surface area contributed by atoms with Gasteiger partial charge in [-0.25, -0.2) is 0 Å². The molecule has 1 fully saturated rings. The van der Waals surface area contributed by atoms with E-state index in [9.17, 15) is 14.7 Å². The number of nitrogens with zero attached hydrogens (tertiary/aromatic N) is 1. The summed E-state index contributed by atoms with van der Waals surface area (Å²) in [6, 6.07) is 8.36. The largest absolute Gasteiger partial charge is 0.481 e. The van der Waals surface area contributed by atoms with Gasteiger partial charge in [0.25, 0.3) is 0 Å². The standard InChI is InChI=1S/C19H25NO4/c1-24-13-19(18(22)23)9-10-20(12-19)17(21)11-15-7-4-6-14-5-2-3-8-16(14)15/h2-3,5,8,15H,4,6-7,9-13H2,1H3,(H,22,23). The van der Waals surface area contributed by atoms with Crippen molar-refractivity contribution in [1.29, 1.82) is 0 Å². The minimum absolute atomic E-state index is 0.0657. The van der Waals surface area contributed by atoms with Gasteiger partial charge in [-0.15, -0.1) is 0 Å². The molecule has 24 heavy (non-hydrogen) atoms. The summed E-state index contributed by atoms with van der Waals surface area (Å²) < 4.78 is 5.10. The Morgan fingerprint density at radius 1 is 1.38 bits per heavy atom. The highest BCUT2D eigenvalue weighted by atomic mass is 16.5. The maximum atomic E-state index is 12.7. The number of amides is 1. The summed E-state index contributed by atoms with van der Waals surface area (Å²) in [7, 11) is 1.51. The van der Waals surface area contributed by atoms with Gasteiger partial charge in [0, 0.05) is 26.6 Å². The molecule has 2 aliphatic rings. The average molecular weight is 331 g/mol. The van der Waals surface area contributed by atoms with Crippen LogP contribution in [-0.2, 0) is 20.7 Å². The molecule has 1 aromatic rings. The fraction of sp³-hybridized carbons (Fsp3) is 0.579. The summed E-state index contributed by atoms with van der Waals surface area (Å²) in [5.41, 5.74) is 1.69. The van der Waals surface area contributed by atoms with Crippen LogP contribution >= 0.6 is 0 Å². The van der Waals surface area contributed by atoms with Gasteiger partial charge in [-0.05, 0) is 42.7 Å². The zero-order valence-corrected chi connectivity index (χ0v) is 14.2. The van der Waals surface area contributed by atoms with Crippen molar-refractivity contribution in [2.24, 2.45) is 5.41 Å². The number of carbonyl (C=O) groups excluding carboxylic acids is 1. The number of carboxylic acid groups (broad SMARTS) is 1. The topological polar surface area (TPSA) is 66.8 Å². The number of hydrogen-bond donors (Lipinski definition) is 1. The highest BCUT2D eigenvalue weighted by Crippen LogP contribution is 2.36. The number of benzene rings is 1. The second kappa shape index (κ2) is 6.93. The number of methoxy groups -OCH3 is 1. The van der Waals surface area contributed by atoms with Crippen LogP contribution in [0.3, 0.4) is 0 Å². The molecule has 2 atom stereocenters. The summed E-state index contributed by atoms with van der Waals surface area (Å²) in [6.07, 6.45) is 4.15. The zero-order valence-electron chi connectivity index (χ0n) is 14.2. The molecule has 0 bridgehead atoms. The number of aryl methyl sites for hydroxylation is 1. The van der Waals surface area contributed by atoms with Crippen molar-refractivity contribution in [2.45, 2.75) is 38.0 Å². The van der Waals surface area contributed by atoms with Crippen molar-refractivity contribution in [2.75, 3.05) is 26.8 Å². The van der Waals surface area contributed by atoms with Crippen LogP contribution in [0.5, 0.6) is 0 Å². The van der Waals surface area contributed by atoms with E-state index in [-0.39, 0.29) is 25.0 Å². The molecule has 1 aliphatic heterocycles. The van der Waals surface area contributed by atoms with Crippen LogP contribution in [0.2, 0.25) is 0 Å². The van der Waals surface area contributed by atoms with Crippen molar-refractivity contribution >= 4 is 11.9 Å². The lowest BCUT2D eigenvalue weighted by molar-refractivity contribution is -0.151. The average Bonchev–Trinajstić information content (AvgIpc) is 3.01. The molecule has 0 radical (unpaired) electrons. The van der Waals surface area contributed by atoms with E-state index in [0.717, 1.165) is 19.3 Å². The fourth-order valence-corrected chi connectivity index (χ4v) is 4.12. The molecule has 1 aliphatic carbocycles. The number of hydrogen-bond acceptors (Lipinski definition) is 3. The van der Waals surface area contributed by atoms with E-state index in [1.807, 2.05) is 6.07 Å². The lowest BCUT2D eigenvalue weighted by Crippen LogP contribution is -2.40. The van der Waals surface area contributed by atoms with Crippen molar-refractivity contribution in [1.82, 2.24) is 4.90 Å². The van der Waals surface area contributed by atoms with Crippen LogP contribution in [0.4, 0.5) is 0 Å². The second-order valence-electron chi connectivity index (χ2n) is 7.08. The Bertz CT molecular complexity index is 630. The van der Waals surface area contributed by atoms with Gasteiger partial charge in [0.1, 0.15) is 5.41 Å². The summed E-state index contributed by atoms with van der Waals surface area (Å²) in [5.74, 6) is -0.553. The van der Waals surface area contributed by atoms with Crippen molar-refractivity contribution < 1.29 is 19.4 Å². The van der Waals surface area contributed by atoms with Crippen molar-refractivity contribution in [3.63, 3.8) is 0 Å². The van der Waals surface area contributed by atoms with Gasteiger partial charge in [-0.1, -0.05) is 24.3 Å². The first kappa shape index (κ1) is 17.0. The Labute approximate surface area is 142 Å². The number of carboxylic acids is 1. The molecule has 0 spiro atoms. The number of likely N-dealkylation sites (tertiary alicyclic amines) is 1. The predicted molar refractivity (Wildman–Crippen MR) is 89.9 cm³/mol. The maximum absolute atomic E-state index is 12.7. The third kappa shape index (κ3) is 3.18. The summed E-state index contributed by atoms with van der Waals surface area (Å²) in [4.78, 5) is 26.1. The second-order valence-corrected chi connectivity index (χ2v) is 7.08. The molecular weight excluding hydrogens is 306 g/mol. The Morgan fingerprint density at radius 3 is 2.92 bits per heavy atom. The Balaban J connectivity index is 1.68. The first-order valence-electron chi connectivity index (χ1n) is 8.64. The summed E-state index contributed by atoms with van der Waals surface area (Å²) >= 11 is 0.